The Bertz CT molecular complexity index is 1470. The molecule has 2 amide bonds. The molecule has 9 nitrogen and oxygen atoms in total. The topological polar surface area (TPSA) is 134 Å². The van der Waals surface area contributed by atoms with Crippen molar-refractivity contribution in [2.75, 3.05) is 6.26 Å². The second-order valence-electron chi connectivity index (χ2n) is 10.5. The maximum Gasteiger partial charge on any atom is 0.255 e. The van der Waals surface area contributed by atoms with Gasteiger partial charge < -0.3 is 19.7 Å². The molecule has 4 N–H and O–H groups in total. The number of carbonyl (C=O) groups excluding carboxylic acids is 2. The fraction of sp³-hybridized carbons (Fsp3) is 0.333. The van der Waals surface area contributed by atoms with Gasteiger partial charge >= 0.3 is 0 Å². The fourth-order valence-corrected chi connectivity index (χ4v) is 7.20. The van der Waals surface area contributed by atoms with Crippen molar-refractivity contribution in [3.63, 3.8) is 0 Å². The normalized spacial score (nSPS) is 22.9. The van der Waals surface area contributed by atoms with Crippen LogP contribution < -0.4 is 10.2 Å². The van der Waals surface area contributed by atoms with E-state index in [4.69, 9.17) is 28.0 Å². The lowest BCUT2D eigenvalue weighted by Gasteiger charge is -2.48. The first kappa shape index (κ1) is 30.5. The lowest BCUT2D eigenvalue weighted by atomic mass is 9.76. The summed E-state index contributed by atoms with van der Waals surface area (Å²) in [6.45, 7) is -0.0834. The zero-order valence-corrected chi connectivity index (χ0v) is 25.1. The SMILES string of the molecule is C[S+]([O-])N[C@H]1CCCC[C@@H]1N1C(=O)c2ccccc2[C@@H](C(=O)NOCc2ccc(O)c(O)c2)[C@@H]1c1ccc(Cl)cc1Cl. The molecular formula is C30H31Cl2N3O6S. The monoisotopic (exact) mass is 631 g/mol. The van der Waals surface area contributed by atoms with Crippen LogP contribution in [0.4, 0.5) is 0 Å². The largest absolute Gasteiger partial charge is 0.598 e. The molecule has 5 rings (SSSR count). The van der Waals surface area contributed by atoms with E-state index in [1.807, 2.05) is 0 Å². The van der Waals surface area contributed by atoms with Gasteiger partial charge in [-0.1, -0.05) is 66.4 Å². The molecular weight excluding hydrogens is 601 g/mol. The Morgan fingerprint density at radius 2 is 1.81 bits per heavy atom. The molecule has 3 aromatic carbocycles. The zero-order chi connectivity index (χ0) is 30.0. The summed E-state index contributed by atoms with van der Waals surface area (Å²) in [4.78, 5) is 35.6. The molecule has 0 bridgehead atoms. The highest BCUT2D eigenvalue weighted by atomic mass is 35.5. The van der Waals surface area contributed by atoms with Gasteiger partial charge in [-0.3, -0.25) is 14.4 Å². The molecule has 1 fully saturated rings. The van der Waals surface area contributed by atoms with Crippen molar-refractivity contribution in [2.45, 2.75) is 56.3 Å². The van der Waals surface area contributed by atoms with Crippen LogP contribution in [0.2, 0.25) is 10.0 Å². The van der Waals surface area contributed by atoms with Gasteiger partial charge in [0.1, 0.15) is 6.26 Å². The first-order valence-electron chi connectivity index (χ1n) is 13.5. The summed E-state index contributed by atoms with van der Waals surface area (Å²) >= 11 is 11.7. The van der Waals surface area contributed by atoms with E-state index in [0.717, 1.165) is 19.3 Å². The van der Waals surface area contributed by atoms with E-state index in [-0.39, 0.29) is 36.1 Å². The number of hydrogen-bond donors (Lipinski definition) is 4. The Morgan fingerprint density at radius 1 is 1.05 bits per heavy atom. The highest BCUT2D eigenvalue weighted by Gasteiger charge is 2.49. The number of rotatable bonds is 8. The van der Waals surface area contributed by atoms with Crippen LogP contribution in [0.1, 0.15) is 64.7 Å². The number of benzene rings is 3. The van der Waals surface area contributed by atoms with Crippen molar-refractivity contribution < 1.29 is 29.2 Å². The van der Waals surface area contributed by atoms with E-state index >= 15 is 0 Å². The number of carbonyl (C=O) groups is 2. The van der Waals surface area contributed by atoms with E-state index in [0.29, 0.717) is 38.7 Å². The molecule has 3 aromatic rings. The number of amides is 2. The fourth-order valence-electron chi connectivity index (χ4n) is 5.98. The lowest BCUT2D eigenvalue weighted by molar-refractivity contribution is -0.138. The van der Waals surface area contributed by atoms with Crippen LogP contribution in [0.15, 0.2) is 60.7 Å². The number of halogens is 2. The highest BCUT2D eigenvalue weighted by Crippen LogP contribution is 2.48. The summed E-state index contributed by atoms with van der Waals surface area (Å²) < 4.78 is 15.4. The predicted molar refractivity (Wildman–Crippen MR) is 161 cm³/mol. The average Bonchev–Trinajstić information content (AvgIpc) is 2.95. The van der Waals surface area contributed by atoms with E-state index in [9.17, 15) is 24.4 Å². The molecule has 1 unspecified atom stereocenters. The Hall–Kier alpha value is -2.99. The molecule has 0 radical (unpaired) electrons. The minimum atomic E-state index is -1.32. The van der Waals surface area contributed by atoms with Crippen molar-refractivity contribution in [3.05, 3.63) is 93.0 Å². The number of phenols is 2. The van der Waals surface area contributed by atoms with Gasteiger partial charge in [-0.2, -0.15) is 0 Å². The Balaban J connectivity index is 1.56. The molecule has 12 heteroatoms. The van der Waals surface area contributed by atoms with Crippen molar-refractivity contribution >= 4 is 46.4 Å². The minimum Gasteiger partial charge on any atom is -0.598 e. The Morgan fingerprint density at radius 3 is 2.55 bits per heavy atom. The molecule has 1 aliphatic carbocycles. The molecule has 2 aliphatic rings. The molecule has 222 valence electrons. The second-order valence-corrected chi connectivity index (χ2v) is 12.5. The summed E-state index contributed by atoms with van der Waals surface area (Å²) in [7, 11) is 0. The number of nitrogens with one attached hydrogen (secondary N) is 2. The molecule has 42 heavy (non-hydrogen) atoms. The molecule has 0 spiro atoms. The van der Waals surface area contributed by atoms with E-state index < -0.39 is 29.2 Å². The number of hydroxylamine groups is 1. The molecule has 5 atom stereocenters. The van der Waals surface area contributed by atoms with Crippen LogP contribution in [0.5, 0.6) is 11.5 Å². The molecule has 1 heterocycles. The third kappa shape index (κ3) is 6.34. The highest BCUT2D eigenvalue weighted by molar-refractivity contribution is 7.88. The van der Waals surface area contributed by atoms with Gasteiger partial charge in [0.05, 0.1) is 30.7 Å². The van der Waals surface area contributed by atoms with E-state index in [1.165, 1.54) is 12.1 Å². The standard InChI is InChI=1S/C30H31Cl2N3O6S/c1-42(40)34-23-8-4-5-9-24(23)35-28(21-12-11-18(31)15-22(21)32)27(19-6-2-3-7-20(19)30(35)39)29(38)33-41-16-17-10-13-25(36)26(37)14-17/h2-3,6-7,10-15,23-24,27-28,34,36-37H,4-5,8-9,16H2,1H3,(H,33,38)/t23-,24-,27+,28-,42?/m0/s1. The van der Waals surface area contributed by atoms with Crippen molar-refractivity contribution in [2.24, 2.45) is 0 Å². The Labute approximate surface area is 257 Å². The van der Waals surface area contributed by atoms with Gasteiger partial charge in [-0.15, -0.1) is 4.72 Å². The van der Waals surface area contributed by atoms with Gasteiger partial charge in [-0.25, -0.2) is 5.48 Å². The maximum atomic E-state index is 14.3. The van der Waals surface area contributed by atoms with E-state index in [2.05, 4.69) is 10.2 Å². The molecule has 0 saturated heterocycles. The maximum absolute atomic E-state index is 14.3. The zero-order valence-electron chi connectivity index (χ0n) is 22.8. The van der Waals surface area contributed by atoms with Gasteiger partial charge in [-0.05, 0) is 59.9 Å². The van der Waals surface area contributed by atoms with Crippen LogP contribution >= 0.6 is 23.2 Å². The number of fused-ring (bicyclic) bond motifs is 1. The first-order chi connectivity index (χ1) is 20.2. The minimum absolute atomic E-state index is 0.0834. The summed E-state index contributed by atoms with van der Waals surface area (Å²) in [5.74, 6) is -2.24. The van der Waals surface area contributed by atoms with Gasteiger partial charge in [0.2, 0.25) is 0 Å². The average molecular weight is 633 g/mol. The van der Waals surface area contributed by atoms with Crippen molar-refractivity contribution in [3.8, 4) is 11.5 Å². The summed E-state index contributed by atoms with van der Waals surface area (Å²) in [5.41, 5.74) is 4.52. The second kappa shape index (κ2) is 13.1. The van der Waals surface area contributed by atoms with E-state index in [1.54, 1.807) is 59.7 Å². The molecule has 1 saturated carbocycles. The number of aromatic hydroxyl groups is 2. The van der Waals surface area contributed by atoms with Gasteiger partial charge in [0, 0.05) is 27.0 Å². The van der Waals surface area contributed by atoms with Crippen LogP contribution in [0.3, 0.4) is 0 Å². The smallest absolute Gasteiger partial charge is 0.255 e. The first-order valence-corrected chi connectivity index (χ1v) is 15.9. The molecule has 0 aromatic heterocycles. The lowest BCUT2D eigenvalue weighted by Crippen LogP contribution is -2.59. The van der Waals surface area contributed by atoms with Gasteiger partial charge in [0.25, 0.3) is 11.8 Å². The van der Waals surface area contributed by atoms with Crippen molar-refractivity contribution in [1.29, 1.82) is 0 Å². The third-order valence-corrected chi connectivity index (χ3v) is 8.99. The summed E-state index contributed by atoms with van der Waals surface area (Å²) in [5, 5.41) is 20.1. The van der Waals surface area contributed by atoms with Crippen LogP contribution in [0, 0.1) is 0 Å². The van der Waals surface area contributed by atoms with Gasteiger partial charge in [0.15, 0.2) is 11.5 Å². The number of phenolic OH excluding ortho intramolecular Hbond substituents is 2. The number of nitrogens with zero attached hydrogens (tertiary/aromatic N) is 1. The third-order valence-electron chi connectivity index (χ3n) is 7.80. The number of hydrogen-bond acceptors (Lipinski definition) is 7. The Kier molecular flexibility index (Phi) is 9.51. The molecule has 1 aliphatic heterocycles. The van der Waals surface area contributed by atoms with Crippen LogP contribution in [-0.4, -0.2) is 49.8 Å². The van der Waals surface area contributed by atoms with Crippen LogP contribution in [-0.2, 0) is 27.6 Å². The summed E-state index contributed by atoms with van der Waals surface area (Å²) in [6, 6.07) is 14.7. The van der Waals surface area contributed by atoms with Crippen molar-refractivity contribution in [1.82, 2.24) is 15.1 Å². The summed E-state index contributed by atoms with van der Waals surface area (Å²) in [6.07, 6.45) is 4.72. The predicted octanol–water partition coefficient (Wildman–Crippen LogP) is 5.13. The quantitative estimate of drug-likeness (QED) is 0.154. The van der Waals surface area contributed by atoms with Crippen LogP contribution in [0.25, 0.3) is 0 Å².